The fraction of sp³-hybridized carbons (Fsp3) is 0.522. The second-order valence-corrected chi connectivity index (χ2v) is 8.41. The SMILES string of the molecule is Cc1cccc(C2CC2NCCOC2CNCC2Cc2cc(C)cc(N)n2)c1. The van der Waals surface area contributed by atoms with Gasteiger partial charge in [0.25, 0.3) is 0 Å². The lowest BCUT2D eigenvalue weighted by atomic mass is 9.99. The summed E-state index contributed by atoms with van der Waals surface area (Å²) in [6.45, 7) is 7.78. The highest BCUT2D eigenvalue weighted by molar-refractivity contribution is 5.34. The Hall–Kier alpha value is -1.95. The smallest absolute Gasteiger partial charge is 0.123 e. The Labute approximate surface area is 168 Å². The van der Waals surface area contributed by atoms with E-state index in [9.17, 15) is 0 Å². The van der Waals surface area contributed by atoms with E-state index in [4.69, 9.17) is 10.5 Å². The highest BCUT2D eigenvalue weighted by Gasteiger charge is 2.37. The summed E-state index contributed by atoms with van der Waals surface area (Å²) in [5.74, 6) is 1.73. The molecule has 150 valence electrons. The molecule has 2 aliphatic rings. The molecule has 4 unspecified atom stereocenters. The summed E-state index contributed by atoms with van der Waals surface area (Å²) in [6.07, 6.45) is 2.39. The van der Waals surface area contributed by atoms with E-state index in [1.165, 1.54) is 23.1 Å². The fourth-order valence-corrected chi connectivity index (χ4v) is 4.39. The van der Waals surface area contributed by atoms with Crippen molar-refractivity contribution in [3.05, 3.63) is 58.8 Å². The minimum atomic E-state index is 0.247. The van der Waals surface area contributed by atoms with Crippen molar-refractivity contribution in [1.29, 1.82) is 0 Å². The lowest BCUT2D eigenvalue weighted by molar-refractivity contribution is 0.0394. The molecule has 1 aliphatic carbocycles. The van der Waals surface area contributed by atoms with Gasteiger partial charge in [-0.25, -0.2) is 4.98 Å². The van der Waals surface area contributed by atoms with Crippen LogP contribution in [0.2, 0.25) is 0 Å². The molecule has 1 aliphatic heterocycles. The highest BCUT2D eigenvalue weighted by atomic mass is 16.5. The number of aryl methyl sites for hydroxylation is 2. The summed E-state index contributed by atoms with van der Waals surface area (Å²) in [5.41, 5.74) is 10.9. The molecular weight excluding hydrogens is 348 g/mol. The first-order valence-electron chi connectivity index (χ1n) is 10.4. The molecular formula is C23H32N4O. The van der Waals surface area contributed by atoms with Crippen LogP contribution in [-0.4, -0.2) is 43.4 Å². The molecule has 0 bridgehead atoms. The van der Waals surface area contributed by atoms with Crippen molar-refractivity contribution >= 4 is 5.82 Å². The van der Waals surface area contributed by atoms with Gasteiger partial charge in [-0.05, 0) is 49.9 Å². The Balaban J connectivity index is 1.20. The number of pyridine rings is 1. The number of benzene rings is 1. The molecule has 0 amide bonds. The predicted octanol–water partition coefficient (Wildman–Crippen LogP) is 2.57. The van der Waals surface area contributed by atoms with Gasteiger partial charge in [-0.2, -0.15) is 0 Å². The lowest BCUT2D eigenvalue weighted by Gasteiger charge is -2.19. The second kappa shape index (κ2) is 8.60. The minimum Gasteiger partial charge on any atom is -0.384 e. The molecule has 1 saturated carbocycles. The monoisotopic (exact) mass is 380 g/mol. The third-order valence-corrected chi connectivity index (χ3v) is 5.89. The predicted molar refractivity (Wildman–Crippen MR) is 114 cm³/mol. The summed E-state index contributed by atoms with van der Waals surface area (Å²) in [4.78, 5) is 4.49. The van der Waals surface area contributed by atoms with Crippen LogP contribution in [0.15, 0.2) is 36.4 Å². The van der Waals surface area contributed by atoms with E-state index in [0.29, 0.717) is 23.7 Å². The van der Waals surface area contributed by atoms with Gasteiger partial charge in [0, 0.05) is 43.2 Å². The van der Waals surface area contributed by atoms with E-state index in [2.05, 4.69) is 59.8 Å². The van der Waals surface area contributed by atoms with Crippen LogP contribution < -0.4 is 16.4 Å². The average molecular weight is 381 g/mol. The van der Waals surface area contributed by atoms with Crippen LogP contribution in [0.3, 0.4) is 0 Å². The number of anilines is 1. The van der Waals surface area contributed by atoms with E-state index in [0.717, 1.165) is 38.4 Å². The first-order chi connectivity index (χ1) is 13.6. The molecule has 28 heavy (non-hydrogen) atoms. The first-order valence-corrected chi connectivity index (χ1v) is 10.4. The van der Waals surface area contributed by atoms with E-state index >= 15 is 0 Å². The van der Waals surface area contributed by atoms with Crippen molar-refractivity contribution in [3.8, 4) is 0 Å². The van der Waals surface area contributed by atoms with Gasteiger partial charge in [0.15, 0.2) is 0 Å². The Bertz CT molecular complexity index is 789. The Morgan fingerprint density at radius 1 is 1.18 bits per heavy atom. The van der Waals surface area contributed by atoms with Crippen LogP contribution in [0.1, 0.15) is 34.7 Å². The molecule has 2 heterocycles. The standard InChI is InChI=1S/C23H32N4O/c1-15-4-3-5-17(8-15)20-12-21(20)26-6-7-28-22-14-25-13-18(22)11-19-9-16(2)10-23(24)27-19/h3-5,8-10,18,20-22,25-26H,6-7,11-14H2,1-2H3,(H2,24,27). The number of nitrogens with one attached hydrogen (secondary N) is 2. The first kappa shape index (κ1) is 19.4. The van der Waals surface area contributed by atoms with Crippen LogP contribution in [0.5, 0.6) is 0 Å². The van der Waals surface area contributed by atoms with Gasteiger partial charge in [0.1, 0.15) is 5.82 Å². The van der Waals surface area contributed by atoms with Crippen LogP contribution in [0, 0.1) is 19.8 Å². The molecule has 0 spiro atoms. The van der Waals surface area contributed by atoms with E-state index in [1.54, 1.807) is 0 Å². The molecule has 5 heteroatoms. The average Bonchev–Trinajstić information content (AvgIpc) is 3.29. The molecule has 5 nitrogen and oxygen atoms in total. The maximum atomic E-state index is 6.20. The van der Waals surface area contributed by atoms with Crippen LogP contribution in [-0.2, 0) is 11.2 Å². The summed E-state index contributed by atoms with van der Waals surface area (Å²) in [5, 5.41) is 7.12. The largest absolute Gasteiger partial charge is 0.384 e. The molecule has 0 radical (unpaired) electrons. The van der Waals surface area contributed by atoms with Gasteiger partial charge in [0.2, 0.25) is 0 Å². The maximum absolute atomic E-state index is 6.20. The van der Waals surface area contributed by atoms with Gasteiger partial charge in [-0.1, -0.05) is 29.8 Å². The number of rotatable bonds is 8. The Morgan fingerprint density at radius 3 is 2.89 bits per heavy atom. The van der Waals surface area contributed by atoms with Crippen molar-refractivity contribution in [3.63, 3.8) is 0 Å². The van der Waals surface area contributed by atoms with E-state index < -0.39 is 0 Å². The lowest BCUT2D eigenvalue weighted by Crippen LogP contribution is -2.30. The van der Waals surface area contributed by atoms with Crippen LogP contribution in [0.4, 0.5) is 5.82 Å². The van der Waals surface area contributed by atoms with Gasteiger partial charge < -0.3 is 21.1 Å². The van der Waals surface area contributed by atoms with Crippen molar-refractivity contribution in [1.82, 2.24) is 15.6 Å². The number of hydrogen-bond acceptors (Lipinski definition) is 5. The fourth-order valence-electron chi connectivity index (χ4n) is 4.39. The minimum absolute atomic E-state index is 0.247. The molecule has 2 aromatic rings. The molecule has 1 aromatic carbocycles. The summed E-state index contributed by atoms with van der Waals surface area (Å²) < 4.78 is 6.20. The van der Waals surface area contributed by atoms with Crippen LogP contribution >= 0.6 is 0 Å². The van der Waals surface area contributed by atoms with Gasteiger partial charge in [-0.15, -0.1) is 0 Å². The van der Waals surface area contributed by atoms with Crippen molar-refractivity contribution in [2.24, 2.45) is 5.92 Å². The third kappa shape index (κ3) is 4.90. The summed E-state index contributed by atoms with van der Waals surface area (Å²) in [6, 6.07) is 13.5. The third-order valence-electron chi connectivity index (χ3n) is 5.89. The molecule has 1 aromatic heterocycles. The van der Waals surface area contributed by atoms with Crippen molar-refractivity contribution < 1.29 is 4.74 Å². The zero-order chi connectivity index (χ0) is 19.5. The molecule has 4 N–H and O–H groups in total. The number of hydrogen-bond donors (Lipinski definition) is 3. The van der Waals surface area contributed by atoms with Crippen LogP contribution in [0.25, 0.3) is 0 Å². The summed E-state index contributed by atoms with van der Waals surface area (Å²) >= 11 is 0. The van der Waals surface area contributed by atoms with E-state index in [1.807, 2.05) is 6.07 Å². The summed E-state index contributed by atoms with van der Waals surface area (Å²) in [7, 11) is 0. The Morgan fingerprint density at radius 2 is 2.07 bits per heavy atom. The zero-order valence-electron chi connectivity index (χ0n) is 16.9. The van der Waals surface area contributed by atoms with E-state index in [-0.39, 0.29) is 6.10 Å². The number of ether oxygens (including phenoxy) is 1. The number of nitrogens with two attached hydrogens (primary N) is 1. The van der Waals surface area contributed by atoms with Gasteiger partial charge in [0.05, 0.1) is 12.7 Å². The highest BCUT2D eigenvalue weighted by Crippen LogP contribution is 2.40. The molecule has 4 rings (SSSR count). The normalized spacial score (nSPS) is 26.5. The maximum Gasteiger partial charge on any atom is 0.123 e. The molecule has 4 atom stereocenters. The quantitative estimate of drug-likeness (QED) is 0.614. The second-order valence-electron chi connectivity index (χ2n) is 8.41. The number of nitrogen functional groups attached to an aromatic ring is 1. The Kier molecular flexibility index (Phi) is 5.95. The van der Waals surface area contributed by atoms with Gasteiger partial charge in [-0.3, -0.25) is 0 Å². The van der Waals surface area contributed by atoms with Gasteiger partial charge >= 0.3 is 0 Å². The van der Waals surface area contributed by atoms with Crippen molar-refractivity contribution in [2.75, 3.05) is 32.0 Å². The molecule has 1 saturated heterocycles. The molecule has 2 fully saturated rings. The number of aromatic nitrogens is 1. The number of nitrogens with zero attached hydrogens (tertiary/aromatic N) is 1. The topological polar surface area (TPSA) is 72.2 Å². The van der Waals surface area contributed by atoms with Crippen molar-refractivity contribution in [2.45, 2.75) is 44.8 Å². The zero-order valence-corrected chi connectivity index (χ0v) is 16.9.